The van der Waals surface area contributed by atoms with Crippen LogP contribution < -0.4 is 5.73 Å². The summed E-state index contributed by atoms with van der Waals surface area (Å²) in [6.07, 6.45) is 2.65. The van der Waals surface area contributed by atoms with Crippen LogP contribution in [0.15, 0.2) is 17.2 Å². The summed E-state index contributed by atoms with van der Waals surface area (Å²) in [6.45, 7) is 0. The molecule has 1 aromatic rings. The van der Waals surface area contributed by atoms with Crippen LogP contribution >= 0.6 is 0 Å². The third-order valence-corrected chi connectivity index (χ3v) is 2.53. The Labute approximate surface area is 65.5 Å². The monoisotopic (exact) mass is 174 g/mol. The molecule has 0 amide bonds. The lowest BCUT2D eigenvalue weighted by Crippen LogP contribution is -1.94. The molecule has 0 aliphatic rings. The summed E-state index contributed by atoms with van der Waals surface area (Å²) in [5.41, 5.74) is 5.44. The highest BCUT2D eigenvalue weighted by Gasteiger charge is 2.09. The van der Waals surface area contributed by atoms with Crippen molar-refractivity contribution in [1.29, 1.82) is 0 Å². The zero-order valence-corrected chi connectivity index (χ0v) is 7.22. The van der Waals surface area contributed by atoms with Crippen LogP contribution in [0.1, 0.15) is 0 Å². The van der Waals surface area contributed by atoms with Crippen LogP contribution in [0.5, 0.6) is 0 Å². The fourth-order valence-electron chi connectivity index (χ4n) is 0.753. The van der Waals surface area contributed by atoms with Crippen molar-refractivity contribution < 1.29 is 8.42 Å². The average Bonchev–Trinajstić information content (AvgIpc) is 2.11. The van der Waals surface area contributed by atoms with Gasteiger partial charge in [-0.1, -0.05) is 0 Å². The van der Waals surface area contributed by atoms with Crippen LogP contribution in [0.2, 0.25) is 0 Å². The smallest absolute Gasteiger partial charge is 0.177 e. The summed E-state index contributed by atoms with van der Waals surface area (Å²) >= 11 is 0. The predicted molar refractivity (Wildman–Crippen MR) is 42.9 cm³/mol. The quantitative estimate of drug-likeness (QED) is 0.652. The fraction of sp³-hybridized carbons (Fsp3) is 0.333. The molecule has 0 aromatic carbocycles. The van der Waals surface area contributed by atoms with E-state index in [2.05, 4.69) is 0 Å². The van der Waals surface area contributed by atoms with Crippen molar-refractivity contribution >= 4 is 15.7 Å². The molecule has 0 saturated heterocycles. The van der Waals surface area contributed by atoms with E-state index in [9.17, 15) is 8.42 Å². The van der Waals surface area contributed by atoms with Crippen LogP contribution in [0, 0.1) is 0 Å². The number of hydrogen-bond acceptors (Lipinski definition) is 3. The Hall–Kier alpha value is -0.970. The zero-order valence-electron chi connectivity index (χ0n) is 6.40. The first-order valence-electron chi connectivity index (χ1n) is 3.03. The van der Waals surface area contributed by atoms with Crippen molar-refractivity contribution in [3.05, 3.63) is 12.3 Å². The third-order valence-electron chi connectivity index (χ3n) is 1.45. The first-order valence-corrected chi connectivity index (χ1v) is 4.92. The predicted octanol–water partition coefficient (Wildman–Crippen LogP) is 0.0108. The summed E-state index contributed by atoms with van der Waals surface area (Å²) in [6, 6.07) is 1.44. The van der Waals surface area contributed by atoms with Crippen LogP contribution in [0.4, 0.5) is 5.82 Å². The second kappa shape index (κ2) is 2.27. The third kappa shape index (κ3) is 1.54. The molecule has 0 aliphatic heterocycles. The number of aryl methyl sites for hydroxylation is 1. The maximum absolute atomic E-state index is 10.9. The van der Waals surface area contributed by atoms with Crippen molar-refractivity contribution in [3.8, 4) is 0 Å². The number of hydrogen-bond donors (Lipinski definition) is 1. The summed E-state index contributed by atoms with van der Waals surface area (Å²) in [4.78, 5) is 0.262. The molecule has 1 rings (SSSR count). The molecular weight excluding hydrogens is 164 g/mol. The highest BCUT2D eigenvalue weighted by atomic mass is 32.2. The van der Waals surface area contributed by atoms with Gasteiger partial charge in [0.15, 0.2) is 9.84 Å². The van der Waals surface area contributed by atoms with Crippen molar-refractivity contribution in [1.82, 2.24) is 4.57 Å². The maximum atomic E-state index is 10.9. The van der Waals surface area contributed by atoms with Crippen molar-refractivity contribution in [3.63, 3.8) is 0 Å². The second-order valence-electron chi connectivity index (χ2n) is 2.48. The Balaban J connectivity index is 3.29. The molecule has 5 heteroatoms. The maximum Gasteiger partial charge on any atom is 0.177 e. The minimum Gasteiger partial charge on any atom is -0.385 e. The van der Waals surface area contributed by atoms with E-state index < -0.39 is 9.84 Å². The summed E-state index contributed by atoms with van der Waals surface area (Å²) in [5, 5.41) is 0. The number of nitrogens with zero attached hydrogens (tertiary/aromatic N) is 1. The number of nitrogen functional groups attached to an aromatic ring is 1. The molecule has 0 atom stereocenters. The number of nitrogens with two attached hydrogens (primary N) is 1. The number of aromatic nitrogens is 1. The normalized spacial score (nSPS) is 11.8. The lowest BCUT2D eigenvalue weighted by atomic mass is 10.6. The van der Waals surface area contributed by atoms with E-state index in [1.54, 1.807) is 11.6 Å². The van der Waals surface area contributed by atoms with E-state index in [1.165, 1.54) is 12.3 Å². The highest BCUT2D eigenvalue weighted by Crippen LogP contribution is 2.13. The minimum absolute atomic E-state index is 0.262. The molecule has 1 aromatic heterocycles. The Morgan fingerprint density at radius 1 is 1.55 bits per heavy atom. The minimum atomic E-state index is -3.11. The summed E-state index contributed by atoms with van der Waals surface area (Å²) < 4.78 is 23.4. The Morgan fingerprint density at radius 3 is 2.27 bits per heavy atom. The molecule has 62 valence electrons. The summed E-state index contributed by atoms with van der Waals surface area (Å²) in [5.74, 6) is 0.449. The van der Waals surface area contributed by atoms with Crippen molar-refractivity contribution in [2.24, 2.45) is 7.05 Å². The molecule has 2 N–H and O–H groups in total. The van der Waals surface area contributed by atoms with E-state index in [1.807, 2.05) is 0 Å². The van der Waals surface area contributed by atoms with Crippen LogP contribution in [-0.4, -0.2) is 19.2 Å². The number of anilines is 1. The van der Waals surface area contributed by atoms with Gasteiger partial charge in [-0.2, -0.15) is 0 Å². The van der Waals surface area contributed by atoms with Gasteiger partial charge in [0.2, 0.25) is 0 Å². The Kier molecular flexibility index (Phi) is 1.67. The van der Waals surface area contributed by atoms with Gasteiger partial charge in [0.25, 0.3) is 0 Å². The molecule has 0 radical (unpaired) electrons. The molecule has 0 saturated carbocycles. The molecule has 0 bridgehead atoms. The SMILES string of the molecule is Cn1cc(S(C)(=O)=O)cc1N. The topological polar surface area (TPSA) is 65.1 Å². The lowest BCUT2D eigenvalue weighted by Gasteiger charge is -1.90. The van der Waals surface area contributed by atoms with Gasteiger partial charge in [0, 0.05) is 19.5 Å². The van der Waals surface area contributed by atoms with Gasteiger partial charge in [-0.05, 0) is 6.07 Å². The van der Waals surface area contributed by atoms with Gasteiger partial charge in [0.1, 0.15) is 5.82 Å². The molecule has 11 heavy (non-hydrogen) atoms. The molecule has 0 unspecified atom stereocenters. The van der Waals surface area contributed by atoms with Crippen LogP contribution in [0.3, 0.4) is 0 Å². The lowest BCUT2D eigenvalue weighted by molar-refractivity contribution is 0.601. The molecule has 1 heterocycles. The molecule has 0 fully saturated rings. The van der Waals surface area contributed by atoms with Crippen LogP contribution in [-0.2, 0) is 16.9 Å². The van der Waals surface area contributed by atoms with Crippen molar-refractivity contribution in [2.45, 2.75) is 4.90 Å². The van der Waals surface area contributed by atoms with E-state index in [4.69, 9.17) is 5.73 Å². The average molecular weight is 174 g/mol. The molecular formula is C6H10N2O2S. The van der Waals surface area contributed by atoms with Gasteiger partial charge >= 0.3 is 0 Å². The van der Waals surface area contributed by atoms with Gasteiger partial charge in [-0.3, -0.25) is 0 Å². The Bertz CT molecular complexity index is 344. The van der Waals surface area contributed by atoms with Crippen molar-refractivity contribution in [2.75, 3.05) is 12.0 Å². The van der Waals surface area contributed by atoms with E-state index >= 15 is 0 Å². The molecule has 4 nitrogen and oxygen atoms in total. The number of sulfone groups is 1. The van der Waals surface area contributed by atoms with Gasteiger partial charge in [0.05, 0.1) is 4.90 Å². The van der Waals surface area contributed by atoms with Gasteiger partial charge < -0.3 is 10.3 Å². The van der Waals surface area contributed by atoms with E-state index in [0.717, 1.165) is 6.26 Å². The molecule has 0 spiro atoms. The molecule has 0 aliphatic carbocycles. The first-order chi connectivity index (χ1) is 4.91. The zero-order chi connectivity index (χ0) is 8.65. The summed E-state index contributed by atoms with van der Waals surface area (Å²) in [7, 11) is -1.41. The Morgan fingerprint density at radius 2 is 2.09 bits per heavy atom. The largest absolute Gasteiger partial charge is 0.385 e. The second-order valence-corrected chi connectivity index (χ2v) is 4.50. The van der Waals surface area contributed by atoms with E-state index in [0.29, 0.717) is 5.82 Å². The fourth-order valence-corrected chi connectivity index (χ4v) is 1.44. The standard InChI is InChI=1S/C6H10N2O2S/c1-8-4-5(3-6(8)7)11(2,9)10/h3-4H,7H2,1-2H3. The van der Waals surface area contributed by atoms with Gasteiger partial charge in [-0.15, -0.1) is 0 Å². The first kappa shape index (κ1) is 8.13. The van der Waals surface area contributed by atoms with E-state index in [-0.39, 0.29) is 4.90 Å². The van der Waals surface area contributed by atoms with Crippen LogP contribution in [0.25, 0.3) is 0 Å². The number of rotatable bonds is 1. The van der Waals surface area contributed by atoms with Gasteiger partial charge in [-0.25, -0.2) is 8.42 Å². The highest BCUT2D eigenvalue weighted by molar-refractivity contribution is 7.90.